The number of phenols is 1. The van der Waals surface area contributed by atoms with Crippen molar-refractivity contribution in [2.75, 3.05) is 12.5 Å². The van der Waals surface area contributed by atoms with Crippen LogP contribution in [0.5, 0.6) is 5.75 Å². The van der Waals surface area contributed by atoms with Gasteiger partial charge in [0.15, 0.2) is 0 Å². The Morgan fingerprint density at radius 3 is 2.20 bits per heavy atom. The molecule has 0 fully saturated rings. The monoisotopic (exact) mass is 240 g/mol. The molecule has 0 unspecified atom stereocenters. The first-order valence-electron chi connectivity index (χ1n) is 5.23. The van der Waals surface area contributed by atoms with Crippen LogP contribution in [0.25, 0.3) is 0 Å². The van der Waals surface area contributed by atoms with E-state index in [9.17, 15) is 5.11 Å². The van der Waals surface area contributed by atoms with Crippen LogP contribution in [0.1, 0.15) is 24.0 Å². The molecular formula is C12H16OS2. The van der Waals surface area contributed by atoms with Crippen molar-refractivity contribution in [3.8, 4) is 5.75 Å². The van der Waals surface area contributed by atoms with Crippen molar-refractivity contribution in [1.29, 1.82) is 0 Å². The average molecular weight is 240 g/mol. The highest BCUT2D eigenvalue weighted by Crippen LogP contribution is 2.41. The normalized spacial score (nSPS) is 15.1. The molecule has 1 aromatic rings. The predicted octanol–water partition coefficient (Wildman–Crippen LogP) is 3.71. The lowest BCUT2D eigenvalue weighted by Crippen LogP contribution is -2.05. The molecule has 0 atom stereocenters. The van der Waals surface area contributed by atoms with Gasteiger partial charge in [-0.15, -0.1) is 23.5 Å². The fourth-order valence-corrected chi connectivity index (χ4v) is 3.53. The van der Waals surface area contributed by atoms with Crippen molar-refractivity contribution in [3.63, 3.8) is 0 Å². The van der Waals surface area contributed by atoms with Gasteiger partial charge in [-0.25, -0.2) is 0 Å². The van der Waals surface area contributed by atoms with Crippen LogP contribution >= 0.6 is 23.5 Å². The maximum absolute atomic E-state index is 10.1. The van der Waals surface area contributed by atoms with Crippen LogP contribution < -0.4 is 0 Å². The molecule has 2 rings (SSSR count). The van der Waals surface area contributed by atoms with E-state index >= 15 is 0 Å². The zero-order valence-corrected chi connectivity index (χ0v) is 10.8. The molecule has 0 bridgehead atoms. The van der Waals surface area contributed by atoms with E-state index in [2.05, 4.69) is 12.3 Å². The van der Waals surface area contributed by atoms with Gasteiger partial charge in [0.25, 0.3) is 0 Å². The van der Waals surface area contributed by atoms with Gasteiger partial charge >= 0.3 is 0 Å². The van der Waals surface area contributed by atoms with Crippen molar-refractivity contribution in [2.24, 2.45) is 0 Å². The molecule has 0 spiro atoms. The number of rotatable bonds is 2. The first-order valence-corrected chi connectivity index (χ1v) is 7.68. The van der Waals surface area contributed by atoms with Crippen LogP contribution in [0, 0.1) is 0 Å². The van der Waals surface area contributed by atoms with Gasteiger partial charge in [-0.05, 0) is 55.4 Å². The van der Waals surface area contributed by atoms with Gasteiger partial charge in [0.1, 0.15) is 5.75 Å². The van der Waals surface area contributed by atoms with Crippen LogP contribution in [0.2, 0.25) is 0 Å². The third-order valence-corrected chi connectivity index (χ3v) is 4.54. The Balaban J connectivity index is 2.58. The van der Waals surface area contributed by atoms with Crippen molar-refractivity contribution in [1.82, 2.24) is 0 Å². The molecule has 82 valence electrons. The summed E-state index contributed by atoms with van der Waals surface area (Å²) in [4.78, 5) is 2.38. The lowest BCUT2D eigenvalue weighted by Gasteiger charge is -2.21. The Morgan fingerprint density at radius 2 is 1.60 bits per heavy atom. The standard InChI is InChI=1S/C12H16OS2/c1-14-10-7-11(15-2)12(13)9-6-4-3-5-8(9)10/h7,13H,3-6H2,1-2H3. The van der Waals surface area contributed by atoms with Gasteiger partial charge in [0, 0.05) is 4.90 Å². The second-order valence-corrected chi connectivity index (χ2v) is 5.49. The molecule has 0 aromatic heterocycles. The lowest BCUT2D eigenvalue weighted by atomic mass is 9.91. The molecule has 0 radical (unpaired) electrons. The third kappa shape index (κ3) is 2.00. The minimum Gasteiger partial charge on any atom is -0.506 e. The molecule has 1 nitrogen and oxygen atoms in total. The first kappa shape index (κ1) is 11.2. The molecule has 0 heterocycles. The summed E-state index contributed by atoms with van der Waals surface area (Å²) in [5, 5.41) is 10.1. The quantitative estimate of drug-likeness (QED) is 0.796. The summed E-state index contributed by atoms with van der Waals surface area (Å²) in [6.45, 7) is 0. The van der Waals surface area contributed by atoms with Crippen molar-refractivity contribution in [3.05, 3.63) is 17.2 Å². The van der Waals surface area contributed by atoms with Gasteiger partial charge in [0.2, 0.25) is 0 Å². The summed E-state index contributed by atoms with van der Waals surface area (Å²) in [5.41, 5.74) is 2.60. The van der Waals surface area contributed by atoms with E-state index in [4.69, 9.17) is 0 Å². The SMILES string of the molecule is CSc1cc(SC)c2c(c1O)CCCC2. The van der Waals surface area contributed by atoms with Crippen LogP contribution in [0.4, 0.5) is 0 Å². The average Bonchev–Trinajstić information content (AvgIpc) is 2.30. The summed E-state index contributed by atoms with van der Waals surface area (Å²) in [6.07, 6.45) is 8.79. The largest absolute Gasteiger partial charge is 0.506 e. The second kappa shape index (κ2) is 4.71. The summed E-state index contributed by atoms with van der Waals surface area (Å²) in [5.74, 6) is 0.537. The zero-order chi connectivity index (χ0) is 10.8. The molecule has 3 heteroatoms. The van der Waals surface area contributed by atoms with Crippen molar-refractivity contribution in [2.45, 2.75) is 35.5 Å². The van der Waals surface area contributed by atoms with Gasteiger partial charge in [-0.1, -0.05) is 0 Å². The van der Waals surface area contributed by atoms with E-state index in [1.807, 2.05) is 6.26 Å². The van der Waals surface area contributed by atoms with E-state index in [1.165, 1.54) is 28.9 Å². The minimum atomic E-state index is 0.537. The summed E-state index contributed by atoms with van der Waals surface area (Å²) in [7, 11) is 0. The van der Waals surface area contributed by atoms with E-state index in [1.54, 1.807) is 23.5 Å². The molecule has 0 aliphatic heterocycles. The van der Waals surface area contributed by atoms with Crippen molar-refractivity contribution >= 4 is 23.5 Å². The number of phenolic OH excluding ortho intramolecular Hbond substituents is 1. The van der Waals surface area contributed by atoms with Crippen LogP contribution in [0.3, 0.4) is 0 Å². The molecule has 1 aliphatic rings. The number of benzene rings is 1. The summed E-state index contributed by atoms with van der Waals surface area (Å²) >= 11 is 3.43. The molecule has 0 saturated heterocycles. The molecule has 0 saturated carbocycles. The fourth-order valence-electron chi connectivity index (χ4n) is 2.20. The Hall–Kier alpha value is -0.280. The lowest BCUT2D eigenvalue weighted by molar-refractivity contribution is 0.447. The van der Waals surface area contributed by atoms with Gasteiger partial charge in [-0.3, -0.25) is 0 Å². The zero-order valence-electron chi connectivity index (χ0n) is 9.17. The Bertz CT molecular complexity index is 374. The number of hydrogen-bond acceptors (Lipinski definition) is 3. The number of hydrogen-bond donors (Lipinski definition) is 1. The van der Waals surface area contributed by atoms with E-state index in [0.717, 1.165) is 17.7 Å². The van der Waals surface area contributed by atoms with Crippen molar-refractivity contribution < 1.29 is 5.11 Å². The fraction of sp³-hybridized carbons (Fsp3) is 0.500. The molecule has 1 aromatic carbocycles. The highest BCUT2D eigenvalue weighted by Gasteiger charge is 2.19. The molecule has 0 amide bonds. The highest BCUT2D eigenvalue weighted by molar-refractivity contribution is 7.99. The van der Waals surface area contributed by atoms with Gasteiger partial charge in [-0.2, -0.15) is 0 Å². The summed E-state index contributed by atoms with van der Waals surface area (Å²) < 4.78 is 0. The van der Waals surface area contributed by atoms with Crippen LogP contribution in [-0.2, 0) is 12.8 Å². The summed E-state index contributed by atoms with van der Waals surface area (Å²) in [6, 6.07) is 2.13. The van der Waals surface area contributed by atoms with Gasteiger partial charge < -0.3 is 5.11 Å². The van der Waals surface area contributed by atoms with E-state index in [-0.39, 0.29) is 0 Å². The van der Waals surface area contributed by atoms with Crippen LogP contribution in [0.15, 0.2) is 15.9 Å². The second-order valence-electron chi connectivity index (χ2n) is 3.79. The maximum Gasteiger partial charge on any atom is 0.132 e. The maximum atomic E-state index is 10.1. The Kier molecular flexibility index (Phi) is 3.52. The minimum absolute atomic E-state index is 0.537. The van der Waals surface area contributed by atoms with E-state index < -0.39 is 0 Å². The highest BCUT2D eigenvalue weighted by atomic mass is 32.2. The topological polar surface area (TPSA) is 20.2 Å². The predicted molar refractivity (Wildman–Crippen MR) is 68.3 cm³/mol. The molecule has 1 aliphatic carbocycles. The molecular weight excluding hydrogens is 224 g/mol. The van der Waals surface area contributed by atoms with E-state index in [0.29, 0.717) is 5.75 Å². The smallest absolute Gasteiger partial charge is 0.132 e. The Morgan fingerprint density at radius 1 is 1.00 bits per heavy atom. The molecule has 1 N–H and O–H groups in total. The third-order valence-electron chi connectivity index (χ3n) is 2.99. The number of fused-ring (bicyclic) bond motifs is 1. The number of aromatic hydroxyl groups is 1. The van der Waals surface area contributed by atoms with Crippen LogP contribution in [-0.4, -0.2) is 17.6 Å². The Labute approximate surface area is 99.7 Å². The van der Waals surface area contributed by atoms with Gasteiger partial charge in [0.05, 0.1) is 4.90 Å². The first-order chi connectivity index (χ1) is 7.27. The number of thioether (sulfide) groups is 2. The molecule has 15 heavy (non-hydrogen) atoms.